The summed E-state index contributed by atoms with van der Waals surface area (Å²) in [7, 11) is 0. The van der Waals surface area contributed by atoms with Crippen molar-refractivity contribution in [2.24, 2.45) is 11.7 Å². The summed E-state index contributed by atoms with van der Waals surface area (Å²) in [6.07, 6.45) is 3.48. The number of nitrogens with one attached hydrogen (secondary N) is 3. The van der Waals surface area contributed by atoms with Crippen LogP contribution in [0.15, 0.2) is 36.5 Å². The fourth-order valence-corrected chi connectivity index (χ4v) is 4.22. The minimum absolute atomic E-state index is 0.204. The molecular formula is C24H28FN7O3. The Morgan fingerprint density at radius 1 is 1.11 bits per heavy atom. The average molecular weight is 482 g/mol. The van der Waals surface area contributed by atoms with Crippen molar-refractivity contribution in [1.29, 1.82) is 0 Å². The van der Waals surface area contributed by atoms with Crippen LogP contribution >= 0.6 is 0 Å². The Hall–Kier alpha value is -3.41. The highest BCUT2D eigenvalue weighted by molar-refractivity contribution is 5.77. The molecule has 2 saturated heterocycles. The van der Waals surface area contributed by atoms with Crippen molar-refractivity contribution in [2.45, 2.75) is 31.6 Å². The van der Waals surface area contributed by atoms with Gasteiger partial charge in [-0.1, -0.05) is 0 Å². The molecule has 1 amide bonds. The van der Waals surface area contributed by atoms with Crippen molar-refractivity contribution in [1.82, 2.24) is 25.3 Å². The highest BCUT2D eigenvalue weighted by Gasteiger charge is 2.27. The summed E-state index contributed by atoms with van der Waals surface area (Å²) in [4.78, 5) is 28.6. The van der Waals surface area contributed by atoms with Crippen LogP contribution in [-0.4, -0.2) is 64.5 Å². The summed E-state index contributed by atoms with van der Waals surface area (Å²) in [5.74, 6) is -0.0602. The number of anilines is 1. The number of piperidine rings is 1. The number of amides is 1. The molecule has 1 aromatic carbocycles. The molecule has 0 spiro atoms. The second-order valence-electron chi connectivity index (χ2n) is 8.75. The number of benzene rings is 1. The molecule has 2 aromatic heterocycles. The molecule has 5 rings (SSSR count). The molecule has 0 radical (unpaired) electrons. The number of nitrogens with two attached hydrogens (primary N) is 1. The van der Waals surface area contributed by atoms with Gasteiger partial charge in [-0.2, -0.15) is 0 Å². The first-order valence-electron chi connectivity index (χ1n) is 11.7. The maximum absolute atomic E-state index is 13.6. The van der Waals surface area contributed by atoms with Gasteiger partial charge in [-0.05, 0) is 56.3 Å². The maximum atomic E-state index is 13.6. The molecule has 2 aliphatic heterocycles. The molecule has 184 valence electrons. The highest BCUT2D eigenvalue weighted by Crippen LogP contribution is 2.30. The molecule has 4 heterocycles. The van der Waals surface area contributed by atoms with Crippen LogP contribution in [-0.2, 0) is 20.7 Å². The van der Waals surface area contributed by atoms with Crippen molar-refractivity contribution in [3.63, 3.8) is 0 Å². The minimum atomic E-state index is -0.562. The molecule has 5 N–H and O–H groups in total. The zero-order valence-electron chi connectivity index (χ0n) is 19.2. The van der Waals surface area contributed by atoms with E-state index >= 15 is 0 Å². The molecule has 0 saturated carbocycles. The smallest absolute Gasteiger partial charge is 0.225 e. The van der Waals surface area contributed by atoms with Crippen LogP contribution in [0.2, 0.25) is 0 Å². The van der Waals surface area contributed by atoms with E-state index in [4.69, 9.17) is 25.2 Å². The monoisotopic (exact) mass is 481 g/mol. The van der Waals surface area contributed by atoms with Gasteiger partial charge in [-0.15, -0.1) is 0 Å². The number of halogens is 1. The van der Waals surface area contributed by atoms with Crippen molar-refractivity contribution < 1.29 is 18.7 Å². The number of aromatic nitrogens is 4. The summed E-state index contributed by atoms with van der Waals surface area (Å²) < 4.78 is 24.9. The number of rotatable bonds is 7. The number of nitrogens with zero attached hydrogens (tertiary/aromatic N) is 3. The third-order valence-corrected chi connectivity index (χ3v) is 6.18. The number of hydrogen-bond donors (Lipinski definition) is 4. The second kappa shape index (κ2) is 10.5. The summed E-state index contributed by atoms with van der Waals surface area (Å²) in [5, 5.41) is 6.77. The van der Waals surface area contributed by atoms with E-state index in [-0.39, 0.29) is 19.0 Å². The van der Waals surface area contributed by atoms with Crippen LogP contribution in [0.25, 0.3) is 22.6 Å². The Kier molecular flexibility index (Phi) is 6.98. The zero-order chi connectivity index (χ0) is 24.2. The van der Waals surface area contributed by atoms with Gasteiger partial charge in [0.05, 0.1) is 42.6 Å². The molecule has 11 heteroatoms. The van der Waals surface area contributed by atoms with E-state index in [1.54, 1.807) is 18.3 Å². The average Bonchev–Trinajstić information content (AvgIpc) is 3.29. The Morgan fingerprint density at radius 3 is 2.57 bits per heavy atom. The topological polar surface area (TPSA) is 140 Å². The largest absolute Gasteiger partial charge is 0.369 e. The SMILES string of the molecule is NC(=O)C1COC(Cc2nc(-c3ccc(F)cc3)c(-c3ccnc(NC4CCNCC4)n3)[nH]2)OC1. The lowest BCUT2D eigenvalue weighted by molar-refractivity contribution is -0.199. The number of ether oxygens (including phenoxy) is 2. The van der Waals surface area contributed by atoms with E-state index in [9.17, 15) is 9.18 Å². The molecule has 10 nitrogen and oxygen atoms in total. The van der Waals surface area contributed by atoms with Gasteiger partial charge in [0.1, 0.15) is 11.6 Å². The third kappa shape index (κ3) is 5.64. The summed E-state index contributed by atoms with van der Waals surface area (Å²) in [5.41, 5.74) is 8.07. The highest BCUT2D eigenvalue weighted by atomic mass is 19.1. The summed E-state index contributed by atoms with van der Waals surface area (Å²) in [6, 6.07) is 8.27. The standard InChI is InChI=1S/C24H28FN7O3/c25-16-3-1-14(2-4-16)21-22(18-7-10-28-24(30-18)29-17-5-8-27-9-6-17)32-19(31-21)11-20-34-12-15(13-35-20)23(26)33/h1-4,7,10,15,17,20,27H,5-6,8-9,11-13H2,(H2,26,33)(H,31,32)(H,28,29,30). The molecule has 0 atom stereocenters. The fourth-order valence-electron chi connectivity index (χ4n) is 4.22. The van der Waals surface area contributed by atoms with Gasteiger partial charge in [0.15, 0.2) is 6.29 Å². The first-order valence-corrected chi connectivity index (χ1v) is 11.7. The van der Waals surface area contributed by atoms with Crippen LogP contribution in [0.5, 0.6) is 0 Å². The zero-order valence-corrected chi connectivity index (χ0v) is 19.2. The lowest BCUT2D eigenvalue weighted by atomic mass is 10.1. The number of aromatic amines is 1. The predicted molar refractivity (Wildman–Crippen MR) is 127 cm³/mol. The van der Waals surface area contributed by atoms with Gasteiger partial charge in [-0.25, -0.2) is 19.3 Å². The van der Waals surface area contributed by atoms with E-state index in [0.29, 0.717) is 41.3 Å². The Morgan fingerprint density at radius 2 is 1.86 bits per heavy atom. The van der Waals surface area contributed by atoms with Gasteiger partial charge < -0.3 is 30.8 Å². The number of carbonyl (C=O) groups excluding carboxylic acids is 1. The first kappa shape index (κ1) is 23.3. The normalized spacial score (nSPS) is 21.1. The lowest BCUT2D eigenvalue weighted by Crippen LogP contribution is -2.40. The van der Waals surface area contributed by atoms with Gasteiger partial charge in [-0.3, -0.25) is 4.79 Å². The number of imidazole rings is 1. The Bertz CT molecular complexity index is 1160. The van der Waals surface area contributed by atoms with Gasteiger partial charge in [0, 0.05) is 17.8 Å². The van der Waals surface area contributed by atoms with E-state index in [1.165, 1.54) is 12.1 Å². The first-order chi connectivity index (χ1) is 17.0. The van der Waals surface area contributed by atoms with Crippen LogP contribution in [0.1, 0.15) is 18.7 Å². The van der Waals surface area contributed by atoms with Crippen molar-refractivity contribution in [3.8, 4) is 22.6 Å². The van der Waals surface area contributed by atoms with Crippen molar-refractivity contribution in [2.75, 3.05) is 31.6 Å². The fraction of sp³-hybridized carbons (Fsp3) is 0.417. The Labute approximate surface area is 201 Å². The van der Waals surface area contributed by atoms with E-state index in [0.717, 1.165) is 31.5 Å². The Balaban J connectivity index is 1.41. The number of carbonyl (C=O) groups is 1. The minimum Gasteiger partial charge on any atom is -0.369 e. The van der Waals surface area contributed by atoms with E-state index < -0.39 is 18.1 Å². The van der Waals surface area contributed by atoms with Gasteiger partial charge in [0.2, 0.25) is 11.9 Å². The summed E-state index contributed by atoms with van der Waals surface area (Å²) in [6.45, 7) is 2.33. The molecule has 0 aliphatic carbocycles. The molecule has 0 unspecified atom stereocenters. The van der Waals surface area contributed by atoms with E-state index in [1.807, 2.05) is 6.07 Å². The number of H-pyrrole nitrogens is 1. The van der Waals surface area contributed by atoms with Crippen molar-refractivity contribution >= 4 is 11.9 Å². The third-order valence-electron chi connectivity index (χ3n) is 6.18. The number of primary amides is 1. The second-order valence-corrected chi connectivity index (χ2v) is 8.75. The van der Waals surface area contributed by atoms with Crippen LogP contribution in [0.3, 0.4) is 0 Å². The summed E-state index contributed by atoms with van der Waals surface area (Å²) >= 11 is 0. The van der Waals surface area contributed by atoms with Crippen LogP contribution in [0.4, 0.5) is 10.3 Å². The molecule has 0 bridgehead atoms. The quantitative estimate of drug-likeness (QED) is 0.401. The molecular weight excluding hydrogens is 453 g/mol. The molecule has 2 fully saturated rings. The molecule has 2 aliphatic rings. The van der Waals surface area contributed by atoms with Crippen LogP contribution in [0, 0.1) is 11.7 Å². The van der Waals surface area contributed by atoms with Gasteiger partial charge in [0.25, 0.3) is 0 Å². The molecule has 3 aromatic rings. The van der Waals surface area contributed by atoms with Gasteiger partial charge >= 0.3 is 0 Å². The number of hydrogen-bond acceptors (Lipinski definition) is 8. The van der Waals surface area contributed by atoms with E-state index in [2.05, 4.69) is 20.6 Å². The maximum Gasteiger partial charge on any atom is 0.225 e. The van der Waals surface area contributed by atoms with Crippen molar-refractivity contribution in [3.05, 3.63) is 48.2 Å². The van der Waals surface area contributed by atoms with Crippen LogP contribution < -0.4 is 16.4 Å². The lowest BCUT2D eigenvalue weighted by Gasteiger charge is -2.27. The molecule has 35 heavy (non-hydrogen) atoms. The predicted octanol–water partition coefficient (Wildman–Crippen LogP) is 1.85.